The second-order valence-corrected chi connectivity index (χ2v) is 2.33. The van der Waals surface area contributed by atoms with Crippen LogP contribution in [0, 0.1) is 11.8 Å². The molecule has 0 aliphatic rings. The zero-order valence-corrected chi connectivity index (χ0v) is 7.57. The number of ether oxygens (including phenoxy) is 1. The van der Waals surface area contributed by atoms with Crippen molar-refractivity contribution < 1.29 is 9.53 Å². The van der Waals surface area contributed by atoms with Gasteiger partial charge < -0.3 is 9.30 Å². The summed E-state index contributed by atoms with van der Waals surface area (Å²) in [4.78, 5) is 14.6. The van der Waals surface area contributed by atoms with Crippen molar-refractivity contribution in [2.75, 3.05) is 7.11 Å². The van der Waals surface area contributed by atoms with Crippen molar-refractivity contribution in [3.05, 3.63) is 18.2 Å². The van der Waals surface area contributed by atoms with E-state index >= 15 is 0 Å². The Morgan fingerprint density at radius 2 is 2.54 bits per heavy atom. The van der Waals surface area contributed by atoms with E-state index in [0.29, 0.717) is 5.69 Å². The molecular formula is C9H10N2O2. The van der Waals surface area contributed by atoms with Crippen LogP contribution in [0.4, 0.5) is 0 Å². The quantitative estimate of drug-likeness (QED) is 0.462. The van der Waals surface area contributed by atoms with Crippen LogP contribution in [-0.4, -0.2) is 22.6 Å². The topological polar surface area (TPSA) is 44.1 Å². The molecule has 0 radical (unpaired) electrons. The maximum Gasteiger partial charge on any atom is 0.384 e. The van der Waals surface area contributed by atoms with E-state index < -0.39 is 5.97 Å². The number of methoxy groups -OCH3 is 1. The Morgan fingerprint density at radius 1 is 1.77 bits per heavy atom. The van der Waals surface area contributed by atoms with Crippen LogP contribution < -0.4 is 0 Å². The molecule has 1 aromatic rings. The van der Waals surface area contributed by atoms with Crippen LogP contribution >= 0.6 is 0 Å². The molecule has 0 fully saturated rings. The highest BCUT2D eigenvalue weighted by atomic mass is 16.5. The summed E-state index contributed by atoms with van der Waals surface area (Å²) in [5.41, 5.74) is 0.576. The molecule has 1 aromatic heterocycles. The molecule has 0 aliphatic carbocycles. The van der Waals surface area contributed by atoms with Crippen LogP contribution in [0.25, 0.3) is 0 Å². The normalized spacial score (nSPS) is 8.77. The average Bonchev–Trinajstić information content (AvgIpc) is 2.61. The first-order valence-electron chi connectivity index (χ1n) is 3.88. The fraction of sp³-hybridized carbons (Fsp3) is 0.333. The molecule has 1 heterocycles. The van der Waals surface area contributed by atoms with Crippen LogP contribution in [0.1, 0.15) is 12.6 Å². The summed E-state index contributed by atoms with van der Waals surface area (Å²) in [6, 6.07) is 0. The highest BCUT2D eigenvalue weighted by Crippen LogP contribution is 1.92. The van der Waals surface area contributed by atoms with Gasteiger partial charge in [0.25, 0.3) is 0 Å². The lowest BCUT2D eigenvalue weighted by Crippen LogP contribution is -1.94. The van der Waals surface area contributed by atoms with Gasteiger partial charge in [-0.25, -0.2) is 9.78 Å². The monoisotopic (exact) mass is 178 g/mol. The first kappa shape index (κ1) is 9.33. The van der Waals surface area contributed by atoms with Crippen molar-refractivity contribution in [2.45, 2.75) is 13.5 Å². The minimum absolute atomic E-state index is 0.550. The van der Waals surface area contributed by atoms with Crippen LogP contribution in [0.15, 0.2) is 12.5 Å². The van der Waals surface area contributed by atoms with E-state index in [2.05, 4.69) is 21.6 Å². The molecule has 0 saturated carbocycles. The van der Waals surface area contributed by atoms with Gasteiger partial charge in [0.2, 0.25) is 0 Å². The first-order chi connectivity index (χ1) is 6.26. The molecule has 4 heteroatoms. The molecule has 0 amide bonds. The lowest BCUT2D eigenvalue weighted by molar-refractivity contribution is -0.133. The predicted octanol–water partition coefficient (Wildman–Crippen LogP) is 0.427. The number of hydrogen-bond acceptors (Lipinski definition) is 3. The Balaban J connectivity index is 2.72. The lowest BCUT2D eigenvalue weighted by Gasteiger charge is -1.88. The van der Waals surface area contributed by atoms with Gasteiger partial charge in [0.1, 0.15) is 5.69 Å². The highest BCUT2D eigenvalue weighted by Gasteiger charge is 1.93. The van der Waals surface area contributed by atoms with E-state index in [1.54, 1.807) is 12.5 Å². The lowest BCUT2D eigenvalue weighted by atomic mass is 10.4. The van der Waals surface area contributed by atoms with Gasteiger partial charge in [0, 0.05) is 18.7 Å². The number of aromatic nitrogens is 2. The third-order valence-corrected chi connectivity index (χ3v) is 1.48. The molecule has 4 nitrogen and oxygen atoms in total. The number of carbonyl (C=O) groups is 1. The average molecular weight is 178 g/mol. The Hall–Kier alpha value is -1.76. The summed E-state index contributed by atoms with van der Waals surface area (Å²) in [6.07, 6.45) is 3.44. The van der Waals surface area contributed by atoms with Gasteiger partial charge in [-0.3, -0.25) is 0 Å². The molecule has 0 aromatic carbocycles. The third-order valence-electron chi connectivity index (χ3n) is 1.48. The van der Waals surface area contributed by atoms with Gasteiger partial charge in [-0.1, -0.05) is 0 Å². The maximum atomic E-state index is 10.6. The molecule has 68 valence electrons. The van der Waals surface area contributed by atoms with E-state index in [-0.39, 0.29) is 0 Å². The van der Waals surface area contributed by atoms with Gasteiger partial charge in [-0.05, 0) is 12.8 Å². The second kappa shape index (κ2) is 4.31. The van der Waals surface area contributed by atoms with Crippen LogP contribution in [0.5, 0.6) is 0 Å². The zero-order valence-electron chi connectivity index (χ0n) is 7.57. The molecule has 0 unspecified atom stereocenters. The van der Waals surface area contributed by atoms with Crippen molar-refractivity contribution in [3.63, 3.8) is 0 Å². The molecule has 0 aliphatic heterocycles. The predicted molar refractivity (Wildman–Crippen MR) is 46.8 cm³/mol. The fourth-order valence-corrected chi connectivity index (χ4v) is 0.764. The van der Waals surface area contributed by atoms with Gasteiger partial charge in [0.05, 0.1) is 13.4 Å². The summed E-state index contributed by atoms with van der Waals surface area (Å²) >= 11 is 0. The molecular weight excluding hydrogens is 168 g/mol. The molecule has 0 saturated heterocycles. The number of carbonyl (C=O) groups excluding carboxylic acids is 1. The summed E-state index contributed by atoms with van der Waals surface area (Å²) in [5, 5.41) is 0. The van der Waals surface area contributed by atoms with Crippen LogP contribution in [0.3, 0.4) is 0 Å². The van der Waals surface area contributed by atoms with Crippen LogP contribution in [-0.2, 0) is 16.1 Å². The molecule has 0 atom stereocenters. The molecule has 0 spiro atoms. The van der Waals surface area contributed by atoms with E-state index in [1.807, 2.05) is 11.5 Å². The number of esters is 1. The summed E-state index contributed by atoms with van der Waals surface area (Å²) in [5.74, 6) is 4.34. The molecule has 0 bridgehead atoms. The molecule has 0 N–H and O–H groups in total. The van der Waals surface area contributed by atoms with Crippen molar-refractivity contribution in [1.29, 1.82) is 0 Å². The van der Waals surface area contributed by atoms with Gasteiger partial charge in [-0.15, -0.1) is 0 Å². The van der Waals surface area contributed by atoms with Crippen molar-refractivity contribution in [3.8, 4) is 11.8 Å². The summed E-state index contributed by atoms with van der Waals surface area (Å²) in [7, 11) is 1.29. The number of nitrogens with zero attached hydrogens (tertiary/aromatic N) is 2. The SMILES string of the molecule is CCn1cnc(C#CC(=O)OC)c1. The third kappa shape index (κ3) is 2.64. The number of aryl methyl sites for hydroxylation is 1. The van der Waals surface area contributed by atoms with Crippen molar-refractivity contribution in [2.24, 2.45) is 0 Å². The van der Waals surface area contributed by atoms with Crippen molar-refractivity contribution >= 4 is 5.97 Å². The Kier molecular flexibility index (Phi) is 3.09. The van der Waals surface area contributed by atoms with Gasteiger partial charge >= 0.3 is 5.97 Å². The van der Waals surface area contributed by atoms with E-state index in [0.717, 1.165) is 6.54 Å². The molecule has 13 heavy (non-hydrogen) atoms. The number of hydrogen-bond donors (Lipinski definition) is 0. The van der Waals surface area contributed by atoms with Gasteiger partial charge in [-0.2, -0.15) is 0 Å². The van der Waals surface area contributed by atoms with Crippen LogP contribution in [0.2, 0.25) is 0 Å². The minimum atomic E-state index is -0.550. The number of rotatable bonds is 1. The Labute approximate surface area is 76.5 Å². The zero-order chi connectivity index (χ0) is 9.68. The van der Waals surface area contributed by atoms with E-state index in [1.165, 1.54) is 7.11 Å². The maximum absolute atomic E-state index is 10.6. The Bertz CT molecular complexity index is 357. The molecule has 1 rings (SSSR count). The Morgan fingerprint density at radius 3 is 3.08 bits per heavy atom. The summed E-state index contributed by atoms with van der Waals surface area (Å²) < 4.78 is 6.23. The fourth-order valence-electron chi connectivity index (χ4n) is 0.764. The van der Waals surface area contributed by atoms with E-state index in [9.17, 15) is 4.79 Å². The standard InChI is InChI=1S/C9H10N2O2/c1-3-11-6-8(10-7-11)4-5-9(12)13-2/h6-7H,3H2,1-2H3. The van der Waals surface area contributed by atoms with Gasteiger partial charge in [0.15, 0.2) is 0 Å². The minimum Gasteiger partial charge on any atom is -0.459 e. The second-order valence-electron chi connectivity index (χ2n) is 2.33. The first-order valence-corrected chi connectivity index (χ1v) is 3.88. The summed E-state index contributed by atoms with van der Waals surface area (Å²) in [6.45, 7) is 2.84. The highest BCUT2D eigenvalue weighted by molar-refractivity contribution is 5.88. The smallest absolute Gasteiger partial charge is 0.384 e. The van der Waals surface area contributed by atoms with E-state index in [4.69, 9.17) is 0 Å². The van der Waals surface area contributed by atoms with Crippen molar-refractivity contribution in [1.82, 2.24) is 9.55 Å². The largest absolute Gasteiger partial charge is 0.459 e. The number of imidazole rings is 1.